The van der Waals surface area contributed by atoms with E-state index in [1.807, 2.05) is 23.1 Å². The fourth-order valence-electron chi connectivity index (χ4n) is 3.65. The number of nitrogens with zero attached hydrogens (tertiary/aromatic N) is 3. The summed E-state index contributed by atoms with van der Waals surface area (Å²) in [5, 5.41) is 5.82. The van der Waals surface area contributed by atoms with Crippen LogP contribution in [-0.4, -0.2) is 60.6 Å². The van der Waals surface area contributed by atoms with E-state index in [0.717, 1.165) is 31.7 Å². The molecule has 7 nitrogen and oxygen atoms in total. The fraction of sp³-hybridized carbons (Fsp3) is 0.632. The molecular formula is C19H29N5O2. The van der Waals surface area contributed by atoms with Gasteiger partial charge in [-0.15, -0.1) is 0 Å². The largest absolute Gasteiger partial charge is 0.353 e. The van der Waals surface area contributed by atoms with Crippen molar-refractivity contribution in [1.29, 1.82) is 0 Å². The van der Waals surface area contributed by atoms with Crippen LogP contribution >= 0.6 is 0 Å². The minimum Gasteiger partial charge on any atom is -0.353 e. The van der Waals surface area contributed by atoms with Gasteiger partial charge in [0.05, 0.1) is 0 Å². The van der Waals surface area contributed by atoms with E-state index in [4.69, 9.17) is 0 Å². The SMILES string of the molecule is O=C(NCCC(=O)N1CCN(c2ccccn2)CC1)NC1CCCCC1. The summed E-state index contributed by atoms with van der Waals surface area (Å²) in [4.78, 5) is 32.7. The van der Waals surface area contributed by atoms with E-state index in [-0.39, 0.29) is 11.9 Å². The van der Waals surface area contributed by atoms with Crippen LogP contribution in [0.5, 0.6) is 0 Å². The lowest BCUT2D eigenvalue weighted by Gasteiger charge is -2.35. The van der Waals surface area contributed by atoms with Crippen molar-refractivity contribution in [3.8, 4) is 0 Å². The van der Waals surface area contributed by atoms with Gasteiger partial charge < -0.3 is 20.4 Å². The number of hydrogen-bond acceptors (Lipinski definition) is 4. The van der Waals surface area contributed by atoms with Crippen molar-refractivity contribution in [3.63, 3.8) is 0 Å². The lowest BCUT2D eigenvalue weighted by Crippen LogP contribution is -2.50. The van der Waals surface area contributed by atoms with Crippen molar-refractivity contribution in [1.82, 2.24) is 20.5 Å². The zero-order valence-electron chi connectivity index (χ0n) is 15.3. The maximum absolute atomic E-state index is 12.3. The van der Waals surface area contributed by atoms with Crippen molar-refractivity contribution in [3.05, 3.63) is 24.4 Å². The van der Waals surface area contributed by atoms with E-state index >= 15 is 0 Å². The minimum atomic E-state index is -0.148. The molecule has 1 aliphatic carbocycles. The molecule has 3 amide bonds. The molecule has 2 heterocycles. The molecule has 7 heteroatoms. The lowest BCUT2D eigenvalue weighted by molar-refractivity contribution is -0.131. The van der Waals surface area contributed by atoms with Gasteiger partial charge in [0.1, 0.15) is 5.82 Å². The quantitative estimate of drug-likeness (QED) is 0.840. The summed E-state index contributed by atoms with van der Waals surface area (Å²) < 4.78 is 0. The van der Waals surface area contributed by atoms with Gasteiger partial charge in [-0.3, -0.25) is 4.79 Å². The van der Waals surface area contributed by atoms with Crippen molar-refractivity contribution >= 4 is 17.8 Å². The first kappa shape index (κ1) is 18.5. The van der Waals surface area contributed by atoms with Crippen LogP contribution in [0.1, 0.15) is 38.5 Å². The Labute approximate surface area is 155 Å². The highest BCUT2D eigenvalue weighted by atomic mass is 16.2. The molecule has 26 heavy (non-hydrogen) atoms. The molecule has 1 saturated heterocycles. The lowest BCUT2D eigenvalue weighted by atomic mass is 9.96. The fourth-order valence-corrected chi connectivity index (χ4v) is 3.65. The number of urea groups is 1. The number of aromatic nitrogens is 1. The molecule has 1 aromatic heterocycles. The van der Waals surface area contributed by atoms with Crippen LogP contribution in [0.3, 0.4) is 0 Å². The van der Waals surface area contributed by atoms with Gasteiger partial charge in [0.2, 0.25) is 5.91 Å². The summed E-state index contributed by atoms with van der Waals surface area (Å²) in [6.07, 6.45) is 7.90. The van der Waals surface area contributed by atoms with Gasteiger partial charge >= 0.3 is 6.03 Å². The van der Waals surface area contributed by atoms with Crippen LogP contribution in [-0.2, 0) is 4.79 Å². The zero-order valence-corrected chi connectivity index (χ0v) is 15.3. The van der Waals surface area contributed by atoms with Gasteiger partial charge in [-0.25, -0.2) is 9.78 Å². The highest BCUT2D eigenvalue weighted by Gasteiger charge is 2.21. The Morgan fingerprint density at radius 2 is 1.85 bits per heavy atom. The van der Waals surface area contributed by atoms with E-state index in [2.05, 4.69) is 20.5 Å². The van der Waals surface area contributed by atoms with Crippen LogP contribution in [0.25, 0.3) is 0 Å². The monoisotopic (exact) mass is 359 g/mol. The molecular weight excluding hydrogens is 330 g/mol. The van der Waals surface area contributed by atoms with Crippen molar-refractivity contribution in [2.75, 3.05) is 37.6 Å². The third-order valence-corrected chi connectivity index (χ3v) is 5.17. The molecule has 1 saturated carbocycles. The molecule has 2 fully saturated rings. The van der Waals surface area contributed by atoms with E-state index in [1.165, 1.54) is 19.3 Å². The summed E-state index contributed by atoms with van der Waals surface area (Å²) in [6, 6.07) is 6.01. The van der Waals surface area contributed by atoms with Crippen LogP contribution in [0.2, 0.25) is 0 Å². The first-order valence-corrected chi connectivity index (χ1v) is 9.70. The van der Waals surface area contributed by atoms with Gasteiger partial charge in [-0.05, 0) is 25.0 Å². The molecule has 1 aliphatic heterocycles. The maximum atomic E-state index is 12.3. The normalized spacial score (nSPS) is 18.5. The molecule has 0 atom stereocenters. The Bertz CT molecular complexity index is 581. The maximum Gasteiger partial charge on any atom is 0.315 e. The Balaban J connectivity index is 1.32. The number of hydrogen-bond donors (Lipinski definition) is 2. The average molecular weight is 359 g/mol. The molecule has 0 aromatic carbocycles. The van der Waals surface area contributed by atoms with E-state index in [9.17, 15) is 9.59 Å². The predicted octanol–water partition coefficient (Wildman–Crippen LogP) is 1.75. The number of nitrogens with one attached hydrogen (secondary N) is 2. The van der Waals surface area contributed by atoms with E-state index in [1.54, 1.807) is 6.20 Å². The van der Waals surface area contributed by atoms with Gasteiger partial charge in [0, 0.05) is 51.4 Å². The van der Waals surface area contributed by atoms with Crippen molar-refractivity contribution in [2.45, 2.75) is 44.6 Å². The zero-order chi connectivity index (χ0) is 18.2. The first-order chi connectivity index (χ1) is 12.7. The van der Waals surface area contributed by atoms with E-state index in [0.29, 0.717) is 32.1 Å². The molecule has 0 radical (unpaired) electrons. The number of carbonyl (C=O) groups excluding carboxylic acids is 2. The first-order valence-electron chi connectivity index (χ1n) is 9.70. The van der Waals surface area contributed by atoms with Gasteiger partial charge in [-0.1, -0.05) is 25.3 Å². The number of piperazine rings is 1. The second-order valence-electron chi connectivity index (χ2n) is 7.04. The Hall–Kier alpha value is -2.31. The second kappa shape index (κ2) is 9.40. The third kappa shape index (κ3) is 5.34. The Morgan fingerprint density at radius 1 is 1.08 bits per heavy atom. The standard InChI is InChI=1S/C19H29N5O2/c25-18(9-11-21-19(26)22-16-6-2-1-3-7-16)24-14-12-23(13-15-24)17-8-4-5-10-20-17/h4-5,8,10,16H,1-3,6-7,9,11-15H2,(H2,21,22,26). The summed E-state index contributed by atoms with van der Waals surface area (Å²) in [5.41, 5.74) is 0. The minimum absolute atomic E-state index is 0.101. The molecule has 142 valence electrons. The van der Waals surface area contributed by atoms with Crippen LogP contribution in [0.15, 0.2) is 24.4 Å². The number of rotatable bonds is 5. The Morgan fingerprint density at radius 3 is 2.54 bits per heavy atom. The molecule has 1 aromatic rings. The highest BCUT2D eigenvalue weighted by molar-refractivity contribution is 5.78. The third-order valence-electron chi connectivity index (χ3n) is 5.17. The molecule has 0 bridgehead atoms. The molecule has 2 aliphatic rings. The van der Waals surface area contributed by atoms with Gasteiger partial charge in [0.25, 0.3) is 0 Å². The Kier molecular flexibility index (Phi) is 6.68. The summed E-state index contributed by atoms with van der Waals surface area (Å²) in [5.74, 6) is 1.06. The van der Waals surface area contributed by atoms with Crippen LogP contribution in [0, 0.1) is 0 Å². The van der Waals surface area contributed by atoms with Crippen molar-refractivity contribution < 1.29 is 9.59 Å². The molecule has 2 N–H and O–H groups in total. The second-order valence-corrected chi connectivity index (χ2v) is 7.04. The van der Waals surface area contributed by atoms with Gasteiger partial charge in [0.15, 0.2) is 0 Å². The molecule has 3 rings (SSSR count). The smallest absolute Gasteiger partial charge is 0.315 e. The number of pyridine rings is 1. The predicted molar refractivity (Wildman–Crippen MR) is 101 cm³/mol. The molecule has 0 spiro atoms. The number of anilines is 1. The topological polar surface area (TPSA) is 77.6 Å². The summed E-state index contributed by atoms with van der Waals surface area (Å²) >= 11 is 0. The van der Waals surface area contributed by atoms with Gasteiger partial charge in [-0.2, -0.15) is 0 Å². The van der Waals surface area contributed by atoms with Crippen LogP contribution < -0.4 is 15.5 Å². The summed E-state index contributed by atoms with van der Waals surface area (Å²) in [6.45, 7) is 3.36. The number of amides is 3. The van der Waals surface area contributed by atoms with E-state index < -0.39 is 0 Å². The highest BCUT2D eigenvalue weighted by Crippen LogP contribution is 2.17. The van der Waals surface area contributed by atoms with Crippen LogP contribution in [0.4, 0.5) is 10.6 Å². The van der Waals surface area contributed by atoms with Crippen molar-refractivity contribution in [2.24, 2.45) is 0 Å². The molecule has 0 unspecified atom stereocenters. The average Bonchev–Trinajstić information content (AvgIpc) is 2.69. The number of carbonyl (C=O) groups is 2. The summed E-state index contributed by atoms with van der Waals surface area (Å²) in [7, 11) is 0.